The first kappa shape index (κ1) is 12.3. The van der Waals surface area contributed by atoms with Gasteiger partial charge >= 0.3 is 0 Å². The summed E-state index contributed by atoms with van der Waals surface area (Å²) in [5.74, 6) is 0.514. The number of aromatic hydroxyl groups is 1. The van der Waals surface area contributed by atoms with Crippen LogP contribution >= 0.6 is 0 Å². The van der Waals surface area contributed by atoms with E-state index in [9.17, 15) is 9.90 Å². The second kappa shape index (κ2) is 4.45. The average molecular weight is 272 g/mol. The van der Waals surface area contributed by atoms with Gasteiger partial charge in [-0.1, -0.05) is 6.07 Å². The number of fused-ring (bicyclic) bond motifs is 2. The highest BCUT2D eigenvalue weighted by molar-refractivity contribution is 5.96. The van der Waals surface area contributed by atoms with E-state index in [1.807, 2.05) is 0 Å². The number of phenolic OH excluding ortho intramolecular Hbond substituents is 1. The van der Waals surface area contributed by atoms with E-state index in [1.165, 1.54) is 26.4 Å². The molecule has 0 aliphatic heterocycles. The molecular formula is C15H12O5. The number of benzene rings is 2. The van der Waals surface area contributed by atoms with Gasteiger partial charge < -0.3 is 19.0 Å². The first-order valence-corrected chi connectivity index (χ1v) is 5.97. The van der Waals surface area contributed by atoms with Gasteiger partial charge in [0.15, 0.2) is 11.3 Å². The summed E-state index contributed by atoms with van der Waals surface area (Å²) in [7, 11) is 2.90. The highest BCUT2D eigenvalue weighted by Crippen LogP contribution is 2.36. The van der Waals surface area contributed by atoms with Gasteiger partial charge in [0.05, 0.1) is 19.6 Å². The lowest BCUT2D eigenvalue weighted by molar-refractivity contribution is 0.371. The molecule has 5 nitrogen and oxygen atoms in total. The van der Waals surface area contributed by atoms with Crippen LogP contribution in [0.4, 0.5) is 0 Å². The Morgan fingerprint density at radius 3 is 2.60 bits per heavy atom. The molecular weight excluding hydrogens is 260 g/mol. The molecule has 5 heteroatoms. The van der Waals surface area contributed by atoms with Crippen molar-refractivity contribution in [3.8, 4) is 17.2 Å². The Hall–Kier alpha value is -2.69. The standard InChI is InChI=1S/C15H12O5/c1-18-10-4-3-5-11-12(10)13(17)8-6-7-9(16)15(19-2)14(8)20-11/h3-7,16H,1-2H3. The van der Waals surface area contributed by atoms with Crippen LogP contribution in [0.2, 0.25) is 0 Å². The van der Waals surface area contributed by atoms with E-state index in [4.69, 9.17) is 13.9 Å². The maximum atomic E-state index is 12.6. The van der Waals surface area contributed by atoms with Crippen LogP contribution in [0, 0.1) is 0 Å². The Balaban J connectivity index is 2.57. The minimum atomic E-state index is -0.225. The molecule has 3 rings (SSSR count). The molecule has 1 heterocycles. The molecule has 0 radical (unpaired) electrons. The molecule has 1 N–H and O–H groups in total. The first-order chi connectivity index (χ1) is 9.67. The van der Waals surface area contributed by atoms with Crippen LogP contribution in [0.15, 0.2) is 39.5 Å². The summed E-state index contributed by atoms with van der Waals surface area (Å²) in [5, 5.41) is 10.5. The fraction of sp³-hybridized carbons (Fsp3) is 0.133. The van der Waals surface area contributed by atoms with Crippen LogP contribution < -0.4 is 14.9 Å². The van der Waals surface area contributed by atoms with Crippen molar-refractivity contribution in [2.75, 3.05) is 14.2 Å². The smallest absolute Gasteiger partial charge is 0.204 e. The molecule has 0 unspecified atom stereocenters. The van der Waals surface area contributed by atoms with Crippen molar-refractivity contribution < 1.29 is 19.0 Å². The van der Waals surface area contributed by atoms with Crippen molar-refractivity contribution in [1.82, 2.24) is 0 Å². The normalized spacial score (nSPS) is 10.9. The van der Waals surface area contributed by atoms with Gasteiger partial charge in [-0.15, -0.1) is 0 Å². The topological polar surface area (TPSA) is 68.9 Å². The van der Waals surface area contributed by atoms with Crippen molar-refractivity contribution >= 4 is 21.9 Å². The van der Waals surface area contributed by atoms with Crippen molar-refractivity contribution in [1.29, 1.82) is 0 Å². The number of hydrogen-bond acceptors (Lipinski definition) is 5. The number of rotatable bonds is 2. The zero-order valence-corrected chi connectivity index (χ0v) is 11.0. The Bertz CT molecular complexity index is 863. The molecule has 0 fully saturated rings. The van der Waals surface area contributed by atoms with E-state index < -0.39 is 0 Å². The van der Waals surface area contributed by atoms with Crippen molar-refractivity contribution in [2.24, 2.45) is 0 Å². The predicted molar refractivity (Wildman–Crippen MR) is 74.8 cm³/mol. The van der Waals surface area contributed by atoms with E-state index in [0.717, 1.165) is 0 Å². The SMILES string of the molecule is COc1c(O)ccc2c(=O)c3c(OC)cccc3oc12. The van der Waals surface area contributed by atoms with Crippen molar-refractivity contribution in [3.05, 3.63) is 40.6 Å². The largest absolute Gasteiger partial charge is 0.504 e. The lowest BCUT2D eigenvalue weighted by Gasteiger charge is -2.09. The Kier molecular flexibility index (Phi) is 2.75. The molecule has 2 aromatic carbocycles. The van der Waals surface area contributed by atoms with Gasteiger partial charge in [0, 0.05) is 0 Å². The summed E-state index contributed by atoms with van der Waals surface area (Å²) >= 11 is 0. The third-order valence-electron chi connectivity index (χ3n) is 3.19. The molecule has 0 aliphatic rings. The van der Waals surface area contributed by atoms with E-state index in [2.05, 4.69) is 0 Å². The molecule has 1 aromatic heterocycles. The molecule has 0 atom stereocenters. The van der Waals surface area contributed by atoms with Gasteiger partial charge in [0.1, 0.15) is 16.7 Å². The van der Waals surface area contributed by atoms with Crippen LogP contribution in [0.5, 0.6) is 17.2 Å². The first-order valence-electron chi connectivity index (χ1n) is 5.97. The number of methoxy groups -OCH3 is 2. The monoisotopic (exact) mass is 272 g/mol. The van der Waals surface area contributed by atoms with Crippen molar-refractivity contribution in [3.63, 3.8) is 0 Å². The van der Waals surface area contributed by atoms with Crippen LogP contribution in [0.3, 0.4) is 0 Å². The summed E-state index contributed by atoms with van der Waals surface area (Å²) in [6.07, 6.45) is 0. The Morgan fingerprint density at radius 1 is 1.10 bits per heavy atom. The maximum absolute atomic E-state index is 12.6. The van der Waals surface area contributed by atoms with Gasteiger partial charge in [-0.05, 0) is 24.3 Å². The molecule has 20 heavy (non-hydrogen) atoms. The van der Waals surface area contributed by atoms with E-state index in [1.54, 1.807) is 18.2 Å². The summed E-state index contributed by atoms with van der Waals surface area (Å²) in [5.41, 5.74) is 0.376. The third-order valence-corrected chi connectivity index (χ3v) is 3.19. The molecule has 0 amide bonds. The average Bonchev–Trinajstić information content (AvgIpc) is 2.46. The zero-order valence-electron chi connectivity index (χ0n) is 11.0. The second-order valence-electron chi connectivity index (χ2n) is 4.26. The molecule has 102 valence electrons. The summed E-state index contributed by atoms with van der Waals surface area (Å²) < 4.78 is 16.0. The van der Waals surface area contributed by atoms with Gasteiger partial charge in [-0.25, -0.2) is 0 Å². The maximum Gasteiger partial charge on any atom is 0.204 e. The molecule has 3 aromatic rings. The van der Waals surface area contributed by atoms with Gasteiger partial charge in [0.25, 0.3) is 0 Å². The second-order valence-corrected chi connectivity index (χ2v) is 4.26. The summed E-state index contributed by atoms with van der Waals surface area (Å²) in [6, 6.07) is 8.00. The number of hydrogen-bond donors (Lipinski definition) is 1. The molecule has 0 saturated carbocycles. The minimum absolute atomic E-state index is 0.0783. The lowest BCUT2D eigenvalue weighted by atomic mass is 10.1. The third kappa shape index (κ3) is 1.60. The molecule has 0 spiro atoms. The van der Waals surface area contributed by atoms with Crippen LogP contribution in [-0.4, -0.2) is 19.3 Å². The fourth-order valence-electron chi connectivity index (χ4n) is 2.26. The number of phenols is 1. The predicted octanol–water partition coefficient (Wildman–Crippen LogP) is 2.67. The van der Waals surface area contributed by atoms with Gasteiger partial charge in [-0.3, -0.25) is 4.79 Å². The van der Waals surface area contributed by atoms with E-state index in [0.29, 0.717) is 22.1 Å². The Morgan fingerprint density at radius 2 is 1.90 bits per heavy atom. The van der Waals surface area contributed by atoms with Crippen molar-refractivity contribution in [2.45, 2.75) is 0 Å². The summed E-state index contributed by atoms with van der Waals surface area (Å²) in [4.78, 5) is 12.6. The Labute approximate surface area is 114 Å². The van der Waals surface area contributed by atoms with E-state index >= 15 is 0 Å². The van der Waals surface area contributed by atoms with Gasteiger partial charge in [0.2, 0.25) is 11.2 Å². The zero-order chi connectivity index (χ0) is 14.3. The summed E-state index contributed by atoms with van der Waals surface area (Å²) in [6.45, 7) is 0. The molecule has 0 saturated heterocycles. The quantitative estimate of drug-likeness (QED) is 0.726. The molecule has 0 aliphatic carbocycles. The highest BCUT2D eigenvalue weighted by Gasteiger charge is 2.17. The van der Waals surface area contributed by atoms with Crippen LogP contribution in [0.25, 0.3) is 21.9 Å². The van der Waals surface area contributed by atoms with Crippen LogP contribution in [-0.2, 0) is 0 Å². The fourth-order valence-corrected chi connectivity index (χ4v) is 2.26. The lowest BCUT2D eigenvalue weighted by Crippen LogP contribution is -2.04. The highest BCUT2D eigenvalue weighted by atomic mass is 16.5. The van der Waals surface area contributed by atoms with Crippen LogP contribution in [0.1, 0.15) is 0 Å². The minimum Gasteiger partial charge on any atom is -0.504 e. The molecule has 0 bridgehead atoms. The van der Waals surface area contributed by atoms with E-state index in [-0.39, 0.29) is 22.5 Å². The number of ether oxygens (including phenoxy) is 2. The van der Waals surface area contributed by atoms with Gasteiger partial charge in [-0.2, -0.15) is 0 Å².